The third kappa shape index (κ3) is 5.98. The van der Waals surface area contributed by atoms with E-state index >= 15 is 0 Å². The highest BCUT2D eigenvalue weighted by Gasteiger charge is 2.26. The van der Waals surface area contributed by atoms with Crippen LogP contribution in [-0.2, 0) is 23.0 Å². The van der Waals surface area contributed by atoms with Crippen LogP contribution in [-0.4, -0.2) is 52.5 Å². The van der Waals surface area contributed by atoms with Gasteiger partial charge >= 0.3 is 0 Å². The highest BCUT2D eigenvalue weighted by molar-refractivity contribution is 7.89. The average molecular weight is 445 g/mol. The first-order chi connectivity index (χ1) is 14.9. The molecule has 7 nitrogen and oxygen atoms in total. The Morgan fingerprint density at radius 2 is 1.81 bits per heavy atom. The largest absolute Gasteiger partial charge is 0.496 e. The summed E-state index contributed by atoms with van der Waals surface area (Å²) in [6.07, 6.45) is 2.68. The predicted octanol–water partition coefficient (Wildman–Crippen LogP) is 2.70. The van der Waals surface area contributed by atoms with Crippen molar-refractivity contribution in [2.75, 3.05) is 33.8 Å². The van der Waals surface area contributed by atoms with Gasteiger partial charge in [-0.15, -0.1) is 0 Å². The Kier molecular flexibility index (Phi) is 7.92. The Bertz CT molecular complexity index is 998. The molecule has 1 aliphatic heterocycles. The Labute approximate surface area is 185 Å². The van der Waals surface area contributed by atoms with Crippen molar-refractivity contribution >= 4 is 16.0 Å². The summed E-state index contributed by atoms with van der Waals surface area (Å²) < 4.78 is 32.3. The average Bonchev–Trinajstić information content (AvgIpc) is 3.32. The van der Waals surface area contributed by atoms with E-state index in [-0.39, 0.29) is 0 Å². The van der Waals surface area contributed by atoms with Crippen molar-refractivity contribution in [3.8, 4) is 5.75 Å². The molecule has 1 fully saturated rings. The van der Waals surface area contributed by atoms with Gasteiger partial charge < -0.3 is 15.4 Å². The Morgan fingerprint density at radius 3 is 2.45 bits per heavy atom. The smallest absolute Gasteiger partial charge is 0.243 e. The van der Waals surface area contributed by atoms with Gasteiger partial charge in [0.15, 0.2) is 5.96 Å². The second-order valence-corrected chi connectivity index (χ2v) is 9.61. The fourth-order valence-corrected chi connectivity index (χ4v) is 5.20. The van der Waals surface area contributed by atoms with Crippen molar-refractivity contribution in [1.82, 2.24) is 14.9 Å². The van der Waals surface area contributed by atoms with Crippen LogP contribution in [0, 0.1) is 6.92 Å². The van der Waals surface area contributed by atoms with Crippen LogP contribution in [0.5, 0.6) is 5.75 Å². The standard InChI is InChI=1S/C23H32N4O3S/c1-18-6-11-22(30-3)20(16-18)12-13-25-23(24-2)26-17-19-7-9-21(10-8-19)31(28,29)27-14-4-5-15-27/h6-11,16H,4-5,12-15,17H2,1-3H3,(H2,24,25,26). The van der Waals surface area contributed by atoms with Crippen molar-refractivity contribution in [3.05, 3.63) is 59.2 Å². The maximum absolute atomic E-state index is 12.6. The van der Waals surface area contributed by atoms with Crippen LogP contribution in [0.4, 0.5) is 0 Å². The number of aliphatic imine (C=N–C) groups is 1. The lowest BCUT2D eigenvalue weighted by atomic mass is 10.1. The van der Waals surface area contributed by atoms with E-state index in [1.165, 1.54) is 5.56 Å². The molecule has 2 aromatic carbocycles. The summed E-state index contributed by atoms with van der Waals surface area (Å²) in [5, 5.41) is 6.59. The Hall–Kier alpha value is -2.58. The van der Waals surface area contributed by atoms with Gasteiger partial charge in [0.2, 0.25) is 10.0 Å². The van der Waals surface area contributed by atoms with Crippen LogP contribution in [0.2, 0.25) is 0 Å². The van der Waals surface area contributed by atoms with Gasteiger partial charge in [0.1, 0.15) is 5.75 Å². The topological polar surface area (TPSA) is 83.0 Å². The summed E-state index contributed by atoms with van der Waals surface area (Å²) in [4.78, 5) is 4.62. The number of benzene rings is 2. The summed E-state index contributed by atoms with van der Waals surface area (Å²) >= 11 is 0. The third-order valence-electron chi connectivity index (χ3n) is 5.43. The third-order valence-corrected chi connectivity index (χ3v) is 7.35. The number of methoxy groups -OCH3 is 1. The van der Waals surface area contributed by atoms with E-state index in [9.17, 15) is 8.42 Å². The molecular formula is C23H32N4O3S. The van der Waals surface area contributed by atoms with E-state index in [2.05, 4.69) is 28.6 Å². The zero-order valence-corrected chi connectivity index (χ0v) is 19.3. The first-order valence-corrected chi connectivity index (χ1v) is 12.0. The van der Waals surface area contributed by atoms with E-state index < -0.39 is 10.0 Å². The molecule has 1 saturated heterocycles. The van der Waals surface area contributed by atoms with E-state index in [0.717, 1.165) is 36.1 Å². The molecule has 8 heteroatoms. The first-order valence-electron chi connectivity index (χ1n) is 10.6. The minimum absolute atomic E-state index is 0.354. The number of nitrogens with zero attached hydrogens (tertiary/aromatic N) is 2. The van der Waals surface area contributed by atoms with E-state index in [4.69, 9.17) is 4.74 Å². The number of nitrogens with one attached hydrogen (secondary N) is 2. The molecule has 2 aromatic rings. The van der Waals surface area contributed by atoms with Crippen LogP contribution >= 0.6 is 0 Å². The van der Waals surface area contributed by atoms with Gasteiger partial charge in [0.05, 0.1) is 12.0 Å². The first kappa shape index (κ1) is 23.1. The SMILES string of the molecule is CN=C(NCCc1cc(C)ccc1OC)NCc1ccc(S(=O)(=O)N2CCCC2)cc1. The molecule has 1 heterocycles. The fourth-order valence-electron chi connectivity index (χ4n) is 3.68. The van der Waals surface area contributed by atoms with Gasteiger partial charge in [-0.1, -0.05) is 29.8 Å². The number of ether oxygens (including phenoxy) is 1. The van der Waals surface area contributed by atoms with Crippen LogP contribution in [0.1, 0.15) is 29.5 Å². The number of hydrogen-bond donors (Lipinski definition) is 2. The number of hydrogen-bond acceptors (Lipinski definition) is 4. The molecule has 3 rings (SSSR count). The molecule has 0 unspecified atom stereocenters. The van der Waals surface area contributed by atoms with Gasteiger partial charge in [-0.3, -0.25) is 4.99 Å². The summed E-state index contributed by atoms with van der Waals surface area (Å²) in [5.41, 5.74) is 3.34. The number of guanidine groups is 1. The van der Waals surface area contributed by atoms with E-state index in [0.29, 0.717) is 37.0 Å². The molecule has 31 heavy (non-hydrogen) atoms. The van der Waals surface area contributed by atoms with Crippen LogP contribution < -0.4 is 15.4 Å². The van der Waals surface area contributed by atoms with E-state index in [1.54, 1.807) is 30.6 Å². The van der Waals surface area contributed by atoms with Gasteiger partial charge in [0.25, 0.3) is 0 Å². The van der Waals surface area contributed by atoms with Crippen molar-refractivity contribution in [2.24, 2.45) is 4.99 Å². The lowest BCUT2D eigenvalue weighted by molar-refractivity contribution is 0.409. The number of rotatable bonds is 8. The quantitative estimate of drug-likeness (QED) is 0.483. The predicted molar refractivity (Wildman–Crippen MR) is 124 cm³/mol. The second-order valence-electron chi connectivity index (χ2n) is 7.67. The molecule has 0 saturated carbocycles. The number of aryl methyl sites for hydroxylation is 1. The molecular weight excluding hydrogens is 412 g/mol. The second kappa shape index (κ2) is 10.6. The molecule has 0 aromatic heterocycles. The van der Waals surface area contributed by atoms with Gasteiger partial charge in [-0.05, 0) is 55.5 Å². The molecule has 0 radical (unpaired) electrons. The molecule has 0 aliphatic carbocycles. The zero-order valence-electron chi connectivity index (χ0n) is 18.5. The molecule has 2 N–H and O–H groups in total. The van der Waals surface area contributed by atoms with E-state index in [1.807, 2.05) is 24.3 Å². The molecule has 1 aliphatic rings. The molecule has 0 spiro atoms. The van der Waals surface area contributed by atoms with Gasteiger partial charge in [-0.25, -0.2) is 8.42 Å². The monoisotopic (exact) mass is 444 g/mol. The molecule has 168 valence electrons. The Morgan fingerprint density at radius 1 is 1.10 bits per heavy atom. The van der Waals surface area contributed by atoms with Gasteiger partial charge in [0, 0.05) is 33.2 Å². The van der Waals surface area contributed by atoms with Crippen LogP contribution in [0.25, 0.3) is 0 Å². The normalized spacial score (nSPS) is 15.1. The lowest BCUT2D eigenvalue weighted by Gasteiger charge is -2.16. The van der Waals surface area contributed by atoms with Crippen LogP contribution in [0.15, 0.2) is 52.4 Å². The van der Waals surface area contributed by atoms with Gasteiger partial charge in [-0.2, -0.15) is 4.31 Å². The summed E-state index contributed by atoms with van der Waals surface area (Å²) in [5.74, 6) is 1.58. The highest BCUT2D eigenvalue weighted by Crippen LogP contribution is 2.21. The van der Waals surface area contributed by atoms with Crippen molar-refractivity contribution in [2.45, 2.75) is 37.6 Å². The van der Waals surface area contributed by atoms with Crippen molar-refractivity contribution in [1.29, 1.82) is 0 Å². The number of sulfonamides is 1. The van der Waals surface area contributed by atoms with Crippen LogP contribution in [0.3, 0.4) is 0 Å². The molecule has 0 amide bonds. The minimum Gasteiger partial charge on any atom is -0.496 e. The molecule has 0 atom stereocenters. The zero-order chi connectivity index (χ0) is 22.3. The lowest BCUT2D eigenvalue weighted by Crippen LogP contribution is -2.37. The molecule has 0 bridgehead atoms. The summed E-state index contributed by atoms with van der Waals surface area (Å²) in [6, 6.07) is 13.2. The summed E-state index contributed by atoms with van der Waals surface area (Å²) in [6.45, 7) is 4.56. The highest BCUT2D eigenvalue weighted by atomic mass is 32.2. The fraction of sp³-hybridized carbons (Fsp3) is 0.435. The summed E-state index contributed by atoms with van der Waals surface area (Å²) in [7, 11) is 0.0427. The minimum atomic E-state index is -3.37. The maximum Gasteiger partial charge on any atom is 0.243 e. The van der Waals surface area contributed by atoms with Crippen molar-refractivity contribution in [3.63, 3.8) is 0 Å². The van der Waals surface area contributed by atoms with Crippen molar-refractivity contribution < 1.29 is 13.2 Å². The maximum atomic E-state index is 12.6. The Balaban J connectivity index is 1.51.